The average molecular weight is 192 g/mol. The van der Waals surface area contributed by atoms with Crippen molar-refractivity contribution in [2.45, 2.75) is 39.9 Å². The molecule has 0 aliphatic carbocycles. The summed E-state index contributed by atoms with van der Waals surface area (Å²) in [5.41, 5.74) is 4.61. The first-order valence-electron chi connectivity index (χ1n) is 4.84. The highest BCUT2D eigenvalue weighted by Gasteiger charge is 2.07. The summed E-state index contributed by atoms with van der Waals surface area (Å²) in [6.45, 7) is 11.0. The molecule has 0 radical (unpaired) electrons. The topological polar surface area (TPSA) is 0 Å². The van der Waals surface area contributed by atoms with Gasteiger partial charge in [-0.1, -0.05) is 50.7 Å². The molecule has 0 heterocycles. The van der Waals surface area contributed by atoms with E-state index in [2.05, 4.69) is 50.2 Å². The predicted molar refractivity (Wildman–Crippen MR) is 64.3 cm³/mol. The molecule has 0 rings (SSSR count). The number of rotatable bonds is 2. The van der Waals surface area contributed by atoms with Crippen LogP contribution in [0, 0.1) is 11.5 Å². The molecule has 0 bridgehead atoms. The third-order valence-corrected chi connectivity index (χ3v) is 2.34. The lowest BCUT2D eigenvalue weighted by atomic mass is 10.2. The second kappa shape index (κ2) is 5.83. The first-order valence-corrected chi connectivity index (χ1v) is 8.34. The van der Waals surface area contributed by atoms with Gasteiger partial charge in [0.1, 0.15) is 8.07 Å². The van der Waals surface area contributed by atoms with Crippen molar-refractivity contribution in [1.82, 2.24) is 0 Å². The van der Waals surface area contributed by atoms with Gasteiger partial charge in [0.25, 0.3) is 0 Å². The fourth-order valence-corrected chi connectivity index (χ4v) is 1.26. The van der Waals surface area contributed by atoms with Crippen LogP contribution in [-0.2, 0) is 0 Å². The Morgan fingerprint density at radius 1 is 1.31 bits per heavy atom. The minimum atomic E-state index is -1.20. The normalized spacial score (nSPS) is 12.8. The van der Waals surface area contributed by atoms with E-state index in [1.165, 1.54) is 5.57 Å². The molecule has 13 heavy (non-hydrogen) atoms. The summed E-state index contributed by atoms with van der Waals surface area (Å²) in [6, 6.07) is 0. The third kappa shape index (κ3) is 7.61. The van der Waals surface area contributed by atoms with Gasteiger partial charge in [-0.2, -0.15) is 0 Å². The molecular formula is C12H20Si. The molecular weight excluding hydrogens is 172 g/mol. The summed E-state index contributed by atoms with van der Waals surface area (Å²) in [5, 5.41) is 0. The Morgan fingerprint density at radius 3 is 2.31 bits per heavy atom. The lowest BCUT2D eigenvalue weighted by molar-refractivity contribution is 1.17. The van der Waals surface area contributed by atoms with E-state index in [-0.39, 0.29) is 0 Å². The largest absolute Gasteiger partial charge is 0.129 e. The van der Waals surface area contributed by atoms with E-state index in [4.69, 9.17) is 0 Å². The molecule has 1 heteroatoms. The van der Waals surface area contributed by atoms with Crippen molar-refractivity contribution in [1.29, 1.82) is 0 Å². The van der Waals surface area contributed by atoms with E-state index >= 15 is 0 Å². The van der Waals surface area contributed by atoms with Gasteiger partial charge in [-0.05, 0) is 13.3 Å². The van der Waals surface area contributed by atoms with Crippen LogP contribution in [-0.4, -0.2) is 8.07 Å². The first-order chi connectivity index (χ1) is 5.99. The fourth-order valence-electron chi connectivity index (χ4n) is 0.728. The zero-order chi connectivity index (χ0) is 10.3. The predicted octanol–water partition coefficient (Wildman–Crippen LogP) is 3.78. The molecule has 0 atom stereocenters. The monoisotopic (exact) mass is 192 g/mol. The Kier molecular flexibility index (Phi) is 5.49. The van der Waals surface area contributed by atoms with E-state index in [0.29, 0.717) is 0 Å². The minimum Gasteiger partial charge on any atom is -0.127 e. The SMILES string of the molecule is C/C=C\C=C(\C#C[Si](C)(C)C)CC. The Hall–Kier alpha value is -0.743. The standard InChI is InChI=1S/C12H20Si/c1-6-8-9-12(7-2)10-11-13(3,4)5/h6,8-9H,7H2,1-5H3/b8-6-,12-9+. The summed E-state index contributed by atoms with van der Waals surface area (Å²) in [4.78, 5) is 0. The van der Waals surface area contributed by atoms with E-state index < -0.39 is 8.07 Å². The molecule has 0 fully saturated rings. The second-order valence-electron chi connectivity index (χ2n) is 4.07. The van der Waals surface area contributed by atoms with E-state index in [9.17, 15) is 0 Å². The van der Waals surface area contributed by atoms with Gasteiger partial charge in [0.2, 0.25) is 0 Å². The highest BCUT2D eigenvalue weighted by atomic mass is 28.3. The van der Waals surface area contributed by atoms with Gasteiger partial charge >= 0.3 is 0 Å². The van der Waals surface area contributed by atoms with Gasteiger partial charge in [0, 0.05) is 5.57 Å². The van der Waals surface area contributed by atoms with Crippen LogP contribution in [0.15, 0.2) is 23.8 Å². The van der Waals surface area contributed by atoms with Crippen LogP contribution in [0.1, 0.15) is 20.3 Å². The maximum Gasteiger partial charge on any atom is 0.129 e. The van der Waals surface area contributed by atoms with Crippen molar-refractivity contribution in [3.05, 3.63) is 23.8 Å². The highest BCUT2D eigenvalue weighted by molar-refractivity contribution is 6.83. The molecule has 72 valence electrons. The molecule has 0 aliphatic rings. The van der Waals surface area contributed by atoms with Crippen molar-refractivity contribution in [3.63, 3.8) is 0 Å². The maximum atomic E-state index is 3.37. The molecule has 0 unspecified atom stereocenters. The van der Waals surface area contributed by atoms with Gasteiger partial charge in [0.15, 0.2) is 0 Å². The van der Waals surface area contributed by atoms with E-state index in [1.54, 1.807) is 0 Å². The minimum absolute atomic E-state index is 1.03. The summed E-state index contributed by atoms with van der Waals surface area (Å²) < 4.78 is 0. The molecule has 0 nitrogen and oxygen atoms in total. The van der Waals surface area contributed by atoms with Crippen molar-refractivity contribution in [2.75, 3.05) is 0 Å². The molecule has 0 aromatic heterocycles. The Morgan fingerprint density at radius 2 is 1.92 bits per heavy atom. The molecule has 0 amide bonds. The van der Waals surface area contributed by atoms with Crippen LogP contribution in [0.2, 0.25) is 19.6 Å². The van der Waals surface area contributed by atoms with Gasteiger partial charge in [-0.3, -0.25) is 0 Å². The number of hydrogen-bond acceptors (Lipinski definition) is 0. The van der Waals surface area contributed by atoms with E-state index in [0.717, 1.165) is 6.42 Å². The lowest BCUT2D eigenvalue weighted by Gasteiger charge is -2.03. The Labute approximate surface area is 83.8 Å². The van der Waals surface area contributed by atoms with Gasteiger partial charge in [-0.15, -0.1) is 5.54 Å². The Balaban J connectivity index is 4.52. The van der Waals surface area contributed by atoms with Crippen LogP contribution in [0.4, 0.5) is 0 Å². The fraction of sp³-hybridized carbons (Fsp3) is 0.500. The Bertz CT molecular complexity index is 253. The highest BCUT2D eigenvalue weighted by Crippen LogP contribution is 2.02. The van der Waals surface area contributed by atoms with Gasteiger partial charge in [0.05, 0.1) is 0 Å². The van der Waals surface area contributed by atoms with Crippen molar-refractivity contribution in [2.24, 2.45) is 0 Å². The number of allylic oxidation sites excluding steroid dienone is 4. The average Bonchev–Trinajstić information content (AvgIpc) is 2.03. The molecule has 0 saturated heterocycles. The van der Waals surface area contributed by atoms with Crippen LogP contribution < -0.4 is 0 Å². The van der Waals surface area contributed by atoms with E-state index in [1.807, 2.05) is 13.0 Å². The summed E-state index contributed by atoms with van der Waals surface area (Å²) in [5.74, 6) is 3.27. The zero-order valence-electron chi connectivity index (χ0n) is 9.44. The summed E-state index contributed by atoms with van der Waals surface area (Å²) in [7, 11) is -1.20. The van der Waals surface area contributed by atoms with Crippen molar-refractivity contribution >= 4 is 8.07 Å². The molecule has 0 aliphatic heterocycles. The molecule has 0 N–H and O–H groups in total. The van der Waals surface area contributed by atoms with Gasteiger partial charge < -0.3 is 0 Å². The number of hydrogen-bond donors (Lipinski definition) is 0. The van der Waals surface area contributed by atoms with Crippen LogP contribution in [0.3, 0.4) is 0 Å². The quantitative estimate of drug-likeness (QED) is 0.355. The maximum absolute atomic E-state index is 3.37. The van der Waals surface area contributed by atoms with Crippen LogP contribution in [0.25, 0.3) is 0 Å². The second-order valence-corrected chi connectivity index (χ2v) is 8.82. The van der Waals surface area contributed by atoms with Crippen molar-refractivity contribution in [3.8, 4) is 11.5 Å². The van der Waals surface area contributed by atoms with Crippen LogP contribution in [0.5, 0.6) is 0 Å². The first kappa shape index (κ1) is 12.3. The lowest BCUT2D eigenvalue weighted by Crippen LogP contribution is -2.16. The zero-order valence-corrected chi connectivity index (χ0v) is 10.4. The van der Waals surface area contributed by atoms with Gasteiger partial charge in [-0.25, -0.2) is 0 Å². The molecule has 0 spiro atoms. The molecule has 0 aromatic carbocycles. The molecule has 0 saturated carbocycles. The summed E-state index contributed by atoms with van der Waals surface area (Å²) in [6.07, 6.45) is 7.22. The molecule has 0 aromatic rings. The van der Waals surface area contributed by atoms with Crippen LogP contribution >= 0.6 is 0 Å². The third-order valence-electron chi connectivity index (χ3n) is 1.47. The van der Waals surface area contributed by atoms with Crippen molar-refractivity contribution < 1.29 is 0 Å². The smallest absolute Gasteiger partial charge is 0.127 e. The summed E-state index contributed by atoms with van der Waals surface area (Å²) >= 11 is 0.